The van der Waals surface area contributed by atoms with Gasteiger partial charge in [-0.25, -0.2) is 0 Å². The van der Waals surface area contributed by atoms with Gasteiger partial charge in [0, 0.05) is 17.8 Å². The van der Waals surface area contributed by atoms with Crippen LogP contribution in [0.3, 0.4) is 0 Å². The summed E-state index contributed by atoms with van der Waals surface area (Å²) in [5.74, 6) is 1.49. The number of phenols is 1. The number of anilines is 1. The highest BCUT2D eigenvalue weighted by molar-refractivity contribution is 5.55. The Bertz CT molecular complexity index is 596. The minimum atomic E-state index is 0.175. The second kappa shape index (κ2) is 6.19. The number of hydrogen-bond acceptors (Lipinski definition) is 4. The average Bonchev–Trinajstić information content (AvgIpc) is 2.47. The van der Waals surface area contributed by atoms with Gasteiger partial charge in [-0.3, -0.25) is 0 Å². The van der Waals surface area contributed by atoms with Gasteiger partial charge in [0.05, 0.1) is 14.2 Å². The molecular weight excluding hydrogens is 254 g/mol. The van der Waals surface area contributed by atoms with Crippen LogP contribution in [0.15, 0.2) is 36.4 Å². The van der Waals surface area contributed by atoms with Crippen LogP contribution in [0.25, 0.3) is 0 Å². The average molecular weight is 273 g/mol. The van der Waals surface area contributed by atoms with Crippen molar-refractivity contribution in [1.29, 1.82) is 0 Å². The highest BCUT2D eigenvalue weighted by Crippen LogP contribution is 2.30. The fraction of sp³-hybridized carbons (Fsp3) is 0.250. The molecule has 0 aromatic heterocycles. The van der Waals surface area contributed by atoms with Gasteiger partial charge in [0.15, 0.2) is 11.5 Å². The monoisotopic (exact) mass is 273 g/mol. The molecule has 0 heterocycles. The molecule has 0 bridgehead atoms. The van der Waals surface area contributed by atoms with E-state index in [1.54, 1.807) is 20.3 Å². The first-order valence-corrected chi connectivity index (χ1v) is 6.39. The summed E-state index contributed by atoms with van der Waals surface area (Å²) in [6.45, 7) is 2.53. The van der Waals surface area contributed by atoms with Crippen molar-refractivity contribution in [2.24, 2.45) is 0 Å². The minimum Gasteiger partial charge on any atom is -0.504 e. The topological polar surface area (TPSA) is 50.7 Å². The third-order valence-corrected chi connectivity index (χ3v) is 3.21. The molecule has 0 atom stereocenters. The molecule has 2 aromatic carbocycles. The molecule has 0 saturated heterocycles. The lowest BCUT2D eigenvalue weighted by molar-refractivity contribution is 0.371. The highest BCUT2D eigenvalue weighted by atomic mass is 16.5. The van der Waals surface area contributed by atoms with Crippen LogP contribution in [0.4, 0.5) is 5.69 Å². The number of hydrogen-bond donors (Lipinski definition) is 2. The van der Waals surface area contributed by atoms with E-state index in [1.807, 2.05) is 37.3 Å². The molecule has 0 amide bonds. The lowest BCUT2D eigenvalue weighted by Crippen LogP contribution is -2.02. The number of nitrogens with one attached hydrogen (secondary N) is 1. The van der Waals surface area contributed by atoms with Crippen LogP contribution in [0.5, 0.6) is 17.2 Å². The summed E-state index contributed by atoms with van der Waals surface area (Å²) in [4.78, 5) is 0. The predicted octanol–water partition coefficient (Wildman–Crippen LogP) is 3.33. The van der Waals surface area contributed by atoms with Crippen molar-refractivity contribution in [3.63, 3.8) is 0 Å². The molecule has 0 radical (unpaired) electrons. The molecule has 0 aliphatic heterocycles. The molecule has 0 unspecified atom stereocenters. The fourth-order valence-electron chi connectivity index (χ4n) is 2.03. The molecule has 4 nitrogen and oxygen atoms in total. The SMILES string of the molecule is COc1ccc(NCc2cccc(OC)c2O)c(C)c1. The van der Waals surface area contributed by atoms with Crippen LogP contribution in [0, 0.1) is 6.92 Å². The zero-order chi connectivity index (χ0) is 14.5. The number of methoxy groups -OCH3 is 2. The second-order valence-electron chi connectivity index (χ2n) is 4.50. The maximum absolute atomic E-state index is 10.0. The van der Waals surface area contributed by atoms with E-state index in [0.717, 1.165) is 22.6 Å². The Balaban J connectivity index is 2.13. The van der Waals surface area contributed by atoms with E-state index in [2.05, 4.69) is 5.32 Å². The summed E-state index contributed by atoms with van der Waals surface area (Å²) in [7, 11) is 3.19. The number of aryl methyl sites for hydroxylation is 1. The number of ether oxygens (including phenoxy) is 2. The Morgan fingerprint density at radius 2 is 1.90 bits per heavy atom. The summed E-state index contributed by atoms with van der Waals surface area (Å²) in [5.41, 5.74) is 2.89. The third kappa shape index (κ3) is 2.96. The van der Waals surface area contributed by atoms with Crippen LogP contribution in [0.1, 0.15) is 11.1 Å². The molecule has 4 heteroatoms. The largest absolute Gasteiger partial charge is 0.504 e. The van der Waals surface area contributed by atoms with Gasteiger partial charge in [-0.05, 0) is 36.8 Å². The van der Waals surface area contributed by atoms with E-state index in [0.29, 0.717) is 12.3 Å². The van der Waals surface area contributed by atoms with E-state index in [9.17, 15) is 5.11 Å². The van der Waals surface area contributed by atoms with Gasteiger partial charge in [-0.1, -0.05) is 12.1 Å². The lowest BCUT2D eigenvalue weighted by atomic mass is 10.1. The molecule has 106 valence electrons. The van der Waals surface area contributed by atoms with Crippen molar-refractivity contribution in [1.82, 2.24) is 0 Å². The van der Waals surface area contributed by atoms with Crippen molar-refractivity contribution in [3.05, 3.63) is 47.5 Å². The number of para-hydroxylation sites is 1. The third-order valence-electron chi connectivity index (χ3n) is 3.21. The van der Waals surface area contributed by atoms with E-state index < -0.39 is 0 Å². The van der Waals surface area contributed by atoms with Gasteiger partial charge >= 0.3 is 0 Å². The molecule has 20 heavy (non-hydrogen) atoms. The Kier molecular flexibility index (Phi) is 4.35. The molecule has 0 aliphatic carbocycles. The van der Waals surface area contributed by atoms with Gasteiger partial charge in [-0.15, -0.1) is 0 Å². The number of aromatic hydroxyl groups is 1. The molecule has 2 aromatic rings. The van der Waals surface area contributed by atoms with E-state index in [4.69, 9.17) is 9.47 Å². The maximum atomic E-state index is 10.0. The van der Waals surface area contributed by atoms with Gasteiger partial charge in [0.25, 0.3) is 0 Å². The summed E-state index contributed by atoms with van der Waals surface area (Å²) in [5, 5.41) is 13.3. The predicted molar refractivity (Wildman–Crippen MR) is 79.7 cm³/mol. The van der Waals surface area contributed by atoms with Gasteiger partial charge in [0.1, 0.15) is 5.75 Å². The lowest BCUT2D eigenvalue weighted by Gasteiger charge is -2.13. The summed E-state index contributed by atoms with van der Waals surface area (Å²) < 4.78 is 10.3. The van der Waals surface area contributed by atoms with Gasteiger partial charge in [0.2, 0.25) is 0 Å². The Morgan fingerprint density at radius 1 is 1.10 bits per heavy atom. The first kappa shape index (κ1) is 14.1. The second-order valence-corrected chi connectivity index (χ2v) is 4.50. The molecular formula is C16H19NO3. The first-order chi connectivity index (χ1) is 9.65. The number of phenolic OH excluding ortho intramolecular Hbond substituents is 1. The molecule has 2 N–H and O–H groups in total. The van der Waals surface area contributed by atoms with E-state index in [-0.39, 0.29) is 5.75 Å². The van der Waals surface area contributed by atoms with Crippen LogP contribution in [-0.2, 0) is 6.54 Å². The van der Waals surface area contributed by atoms with Crippen LogP contribution < -0.4 is 14.8 Å². The Morgan fingerprint density at radius 3 is 2.55 bits per heavy atom. The van der Waals surface area contributed by atoms with Crippen LogP contribution in [-0.4, -0.2) is 19.3 Å². The Hall–Kier alpha value is -2.36. The first-order valence-electron chi connectivity index (χ1n) is 6.39. The molecule has 0 fully saturated rings. The van der Waals surface area contributed by atoms with Crippen molar-refractivity contribution >= 4 is 5.69 Å². The van der Waals surface area contributed by atoms with Crippen molar-refractivity contribution in [2.75, 3.05) is 19.5 Å². The summed E-state index contributed by atoms with van der Waals surface area (Å²) in [6, 6.07) is 11.3. The quantitative estimate of drug-likeness (QED) is 0.877. The Labute approximate surface area is 119 Å². The van der Waals surface area contributed by atoms with E-state index in [1.165, 1.54) is 0 Å². The molecule has 0 aliphatic rings. The smallest absolute Gasteiger partial charge is 0.162 e. The van der Waals surface area contributed by atoms with Crippen LogP contribution in [0.2, 0.25) is 0 Å². The van der Waals surface area contributed by atoms with Crippen molar-refractivity contribution in [3.8, 4) is 17.2 Å². The van der Waals surface area contributed by atoms with E-state index >= 15 is 0 Å². The minimum absolute atomic E-state index is 0.175. The highest BCUT2D eigenvalue weighted by Gasteiger charge is 2.07. The zero-order valence-electron chi connectivity index (χ0n) is 11.9. The zero-order valence-corrected chi connectivity index (χ0v) is 11.9. The van der Waals surface area contributed by atoms with Gasteiger partial charge in [-0.2, -0.15) is 0 Å². The van der Waals surface area contributed by atoms with Crippen molar-refractivity contribution in [2.45, 2.75) is 13.5 Å². The normalized spacial score (nSPS) is 10.2. The van der Waals surface area contributed by atoms with Gasteiger partial charge < -0.3 is 19.9 Å². The summed E-state index contributed by atoms with van der Waals surface area (Å²) in [6.07, 6.45) is 0. The fourth-order valence-corrected chi connectivity index (χ4v) is 2.03. The standard InChI is InChI=1S/C16H19NO3/c1-11-9-13(19-2)7-8-14(11)17-10-12-5-4-6-15(20-3)16(12)18/h4-9,17-18H,10H2,1-3H3. The van der Waals surface area contributed by atoms with Crippen LogP contribution >= 0.6 is 0 Å². The molecule has 2 rings (SSSR count). The van der Waals surface area contributed by atoms with Crippen molar-refractivity contribution < 1.29 is 14.6 Å². The number of rotatable bonds is 5. The summed E-state index contributed by atoms with van der Waals surface area (Å²) >= 11 is 0. The maximum Gasteiger partial charge on any atom is 0.162 e. The number of benzene rings is 2. The molecule has 0 spiro atoms. The molecule has 0 saturated carbocycles.